The van der Waals surface area contributed by atoms with E-state index in [4.69, 9.17) is 0 Å². The van der Waals surface area contributed by atoms with Gasteiger partial charge in [0.15, 0.2) is 0 Å². The molecule has 1 amide bonds. The number of aromatic nitrogens is 1. The van der Waals surface area contributed by atoms with E-state index in [1.807, 2.05) is 50.2 Å². The number of carbonyl (C=O) groups is 1. The van der Waals surface area contributed by atoms with Crippen molar-refractivity contribution in [3.05, 3.63) is 88.7 Å². The summed E-state index contributed by atoms with van der Waals surface area (Å²) in [7, 11) is 0. The molecule has 0 bridgehead atoms. The van der Waals surface area contributed by atoms with Crippen LogP contribution >= 0.6 is 0 Å². The van der Waals surface area contributed by atoms with Gasteiger partial charge in [-0.2, -0.15) is 0 Å². The van der Waals surface area contributed by atoms with Crippen molar-refractivity contribution in [2.75, 3.05) is 10.6 Å². The molecule has 4 nitrogen and oxygen atoms in total. The topological polar surface area (TPSA) is 54.0 Å². The first-order chi connectivity index (χ1) is 12.5. The zero-order valence-electron chi connectivity index (χ0n) is 15.3. The molecule has 0 aliphatic heterocycles. The minimum absolute atomic E-state index is 0.163. The van der Waals surface area contributed by atoms with Gasteiger partial charge in [0, 0.05) is 24.6 Å². The van der Waals surface area contributed by atoms with Gasteiger partial charge in [-0.1, -0.05) is 42.0 Å². The predicted octanol–water partition coefficient (Wildman–Crippen LogP) is 4.87. The third kappa shape index (κ3) is 4.28. The lowest BCUT2D eigenvalue weighted by molar-refractivity contribution is 0.102. The molecule has 2 N–H and O–H groups in total. The molecule has 0 atom stereocenters. The van der Waals surface area contributed by atoms with Crippen molar-refractivity contribution in [2.24, 2.45) is 0 Å². The lowest BCUT2D eigenvalue weighted by atomic mass is 10.1. The summed E-state index contributed by atoms with van der Waals surface area (Å²) < 4.78 is 0. The van der Waals surface area contributed by atoms with Gasteiger partial charge in [0.2, 0.25) is 0 Å². The Bertz CT molecular complexity index is 934. The van der Waals surface area contributed by atoms with Crippen molar-refractivity contribution < 1.29 is 4.79 Å². The van der Waals surface area contributed by atoms with Crippen LogP contribution in [0.15, 0.2) is 60.9 Å². The largest absolute Gasteiger partial charge is 0.380 e. The number of nitrogens with zero attached hydrogens (tertiary/aromatic N) is 1. The first-order valence-electron chi connectivity index (χ1n) is 8.65. The van der Waals surface area contributed by atoms with Crippen molar-refractivity contribution in [1.29, 1.82) is 0 Å². The molecule has 0 saturated heterocycles. The summed E-state index contributed by atoms with van der Waals surface area (Å²) in [5, 5.41) is 6.29. The molecular weight excluding hydrogens is 322 g/mol. The highest BCUT2D eigenvalue weighted by Gasteiger charge is 2.09. The number of carbonyl (C=O) groups excluding carboxylic acids is 1. The number of aryl methyl sites for hydroxylation is 3. The Hall–Kier alpha value is -3.14. The van der Waals surface area contributed by atoms with Gasteiger partial charge >= 0.3 is 0 Å². The minimum Gasteiger partial charge on any atom is -0.380 e. The lowest BCUT2D eigenvalue weighted by Crippen LogP contribution is -2.13. The molecule has 1 aromatic heterocycles. The van der Waals surface area contributed by atoms with Crippen LogP contribution in [0.4, 0.5) is 11.4 Å². The SMILES string of the molecule is Cc1ccc(NC(=O)c2cncc(NCc3ccccc3C)c2)c(C)c1. The van der Waals surface area contributed by atoms with Gasteiger partial charge in [0.1, 0.15) is 0 Å². The molecule has 0 spiro atoms. The van der Waals surface area contributed by atoms with E-state index in [9.17, 15) is 4.79 Å². The van der Waals surface area contributed by atoms with Gasteiger partial charge in [-0.15, -0.1) is 0 Å². The van der Waals surface area contributed by atoms with E-state index in [0.29, 0.717) is 12.1 Å². The van der Waals surface area contributed by atoms with Crippen LogP contribution < -0.4 is 10.6 Å². The van der Waals surface area contributed by atoms with Crippen LogP contribution in [-0.2, 0) is 6.54 Å². The molecule has 3 rings (SSSR count). The second-order valence-electron chi connectivity index (χ2n) is 6.51. The Balaban J connectivity index is 1.70. The van der Waals surface area contributed by atoms with Crippen molar-refractivity contribution in [3.8, 4) is 0 Å². The maximum Gasteiger partial charge on any atom is 0.257 e. The van der Waals surface area contributed by atoms with E-state index in [0.717, 1.165) is 16.9 Å². The predicted molar refractivity (Wildman–Crippen MR) is 107 cm³/mol. The summed E-state index contributed by atoms with van der Waals surface area (Å²) in [4.78, 5) is 16.7. The van der Waals surface area contributed by atoms with Gasteiger partial charge in [0.25, 0.3) is 5.91 Å². The fraction of sp³-hybridized carbons (Fsp3) is 0.182. The van der Waals surface area contributed by atoms with Crippen LogP contribution in [0, 0.1) is 20.8 Å². The number of hydrogen-bond acceptors (Lipinski definition) is 3. The first kappa shape index (κ1) is 17.7. The van der Waals surface area contributed by atoms with Gasteiger partial charge in [-0.05, 0) is 49.6 Å². The van der Waals surface area contributed by atoms with Crippen LogP contribution in [0.2, 0.25) is 0 Å². The van der Waals surface area contributed by atoms with Gasteiger partial charge in [-0.25, -0.2) is 0 Å². The molecule has 0 aliphatic carbocycles. The van der Waals surface area contributed by atoms with E-state index in [1.165, 1.54) is 16.7 Å². The Morgan fingerprint density at radius 2 is 1.77 bits per heavy atom. The average molecular weight is 345 g/mol. The third-order valence-electron chi connectivity index (χ3n) is 4.37. The van der Waals surface area contributed by atoms with Crippen molar-refractivity contribution in [2.45, 2.75) is 27.3 Å². The summed E-state index contributed by atoms with van der Waals surface area (Å²) in [6.45, 7) is 6.80. The Kier molecular flexibility index (Phi) is 5.32. The highest BCUT2D eigenvalue weighted by Crippen LogP contribution is 2.18. The molecule has 132 valence electrons. The molecule has 0 unspecified atom stereocenters. The monoisotopic (exact) mass is 345 g/mol. The molecule has 4 heteroatoms. The van der Waals surface area contributed by atoms with Crippen molar-refractivity contribution in [3.63, 3.8) is 0 Å². The molecule has 0 saturated carbocycles. The molecule has 2 aromatic carbocycles. The van der Waals surface area contributed by atoms with Crippen molar-refractivity contribution in [1.82, 2.24) is 4.98 Å². The van der Waals surface area contributed by atoms with E-state index in [2.05, 4.69) is 34.7 Å². The summed E-state index contributed by atoms with van der Waals surface area (Å²) in [5.74, 6) is -0.163. The van der Waals surface area contributed by atoms with Crippen LogP contribution in [0.1, 0.15) is 32.6 Å². The van der Waals surface area contributed by atoms with Gasteiger partial charge in [0.05, 0.1) is 11.3 Å². The number of hydrogen-bond donors (Lipinski definition) is 2. The number of anilines is 2. The first-order valence-corrected chi connectivity index (χ1v) is 8.65. The maximum atomic E-state index is 12.6. The zero-order chi connectivity index (χ0) is 18.5. The third-order valence-corrected chi connectivity index (χ3v) is 4.37. The second-order valence-corrected chi connectivity index (χ2v) is 6.51. The summed E-state index contributed by atoms with van der Waals surface area (Å²) in [6.07, 6.45) is 3.31. The number of nitrogens with one attached hydrogen (secondary N) is 2. The van der Waals surface area contributed by atoms with E-state index in [-0.39, 0.29) is 5.91 Å². The Morgan fingerprint density at radius 1 is 0.962 bits per heavy atom. The maximum absolute atomic E-state index is 12.6. The van der Waals surface area contributed by atoms with Crippen LogP contribution in [-0.4, -0.2) is 10.9 Å². The van der Waals surface area contributed by atoms with E-state index >= 15 is 0 Å². The zero-order valence-corrected chi connectivity index (χ0v) is 15.3. The normalized spacial score (nSPS) is 10.4. The molecule has 0 fully saturated rings. The van der Waals surface area contributed by atoms with Crippen LogP contribution in [0.5, 0.6) is 0 Å². The van der Waals surface area contributed by atoms with Gasteiger partial charge < -0.3 is 10.6 Å². The number of benzene rings is 2. The minimum atomic E-state index is -0.163. The average Bonchev–Trinajstić information content (AvgIpc) is 2.63. The van der Waals surface area contributed by atoms with Gasteiger partial charge in [-0.3, -0.25) is 9.78 Å². The quantitative estimate of drug-likeness (QED) is 0.693. The molecule has 0 aliphatic rings. The molecule has 1 heterocycles. The highest BCUT2D eigenvalue weighted by molar-refractivity contribution is 6.04. The summed E-state index contributed by atoms with van der Waals surface area (Å²) in [5.41, 5.74) is 6.83. The molecular formula is C22H23N3O. The molecule has 0 radical (unpaired) electrons. The number of pyridine rings is 1. The summed E-state index contributed by atoms with van der Waals surface area (Å²) in [6, 6.07) is 16.0. The second kappa shape index (κ2) is 7.83. The van der Waals surface area contributed by atoms with E-state index in [1.54, 1.807) is 12.4 Å². The smallest absolute Gasteiger partial charge is 0.257 e. The Morgan fingerprint density at radius 3 is 2.54 bits per heavy atom. The molecule has 3 aromatic rings. The summed E-state index contributed by atoms with van der Waals surface area (Å²) >= 11 is 0. The molecule has 26 heavy (non-hydrogen) atoms. The highest BCUT2D eigenvalue weighted by atomic mass is 16.1. The van der Waals surface area contributed by atoms with Crippen molar-refractivity contribution >= 4 is 17.3 Å². The lowest BCUT2D eigenvalue weighted by Gasteiger charge is -2.11. The number of amides is 1. The number of rotatable bonds is 5. The van der Waals surface area contributed by atoms with E-state index < -0.39 is 0 Å². The van der Waals surface area contributed by atoms with Crippen LogP contribution in [0.25, 0.3) is 0 Å². The standard InChI is InChI=1S/C22H23N3O/c1-15-8-9-21(17(3)10-15)25-22(26)19-11-20(14-23-12-19)24-13-18-7-5-4-6-16(18)2/h4-12,14,24H,13H2,1-3H3,(H,25,26). The fourth-order valence-corrected chi connectivity index (χ4v) is 2.81. The Labute approximate surface area is 154 Å². The van der Waals surface area contributed by atoms with Crippen LogP contribution in [0.3, 0.4) is 0 Å². The fourth-order valence-electron chi connectivity index (χ4n) is 2.81.